The third kappa shape index (κ3) is 11.0. The summed E-state index contributed by atoms with van der Waals surface area (Å²) in [4.78, 5) is 11.2. The Bertz CT molecular complexity index is 199. The van der Waals surface area contributed by atoms with E-state index in [-0.39, 0.29) is 5.91 Å². The molecule has 0 aromatic carbocycles. The molecule has 0 aliphatic carbocycles. The normalized spacial score (nSPS) is 9.75. The summed E-state index contributed by atoms with van der Waals surface area (Å²) in [6.45, 7) is 7.84. The summed E-state index contributed by atoms with van der Waals surface area (Å²) in [5.74, 6) is 0.145. The van der Waals surface area contributed by atoms with E-state index in [0.29, 0.717) is 13.0 Å². The Labute approximate surface area is 99.8 Å². The summed E-state index contributed by atoms with van der Waals surface area (Å²) in [5.41, 5.74) is 0. The van der Waals surface area contributed by atoms with Crippen LogP contribution in [0.15, 0.2) is 25.3 Å². The molecule has 2 heteroatoms. The molecule has 16 heavy (non-hydrogen) atoms. The first-order valence-corrected chi connectivity index (χ1v) is 6.29. The Morgan fingerprint density at radius 1 is 0.938 bits per heavy atom. The number of hydrogen-bond donors (Lipinski definition) is 1. The van der Waals surface area contributed by atoms with Gasteiger partial charge in [-0.3, -0.25) is 4.79 Å². The highest BCUT2D eigenvalue weighted by molar-refractivity contribution is 5.75. The summed E-state index contributed by atoms with van der Waals surface area (Å²) in [7, 11) is 0. The SMILES string of the molecule is C=CCCCCCCCCC(=O)NCC=C. The smallest absolute Gasteiger partial charge is 0.220 e. The fourth-order valence-corrected chi connectivity index (χ4v) is 1.56. The minimum atomic E-state index is 0.145. The summed E-state index contributed by atoms with van der Waals surface area (Å²) in [5, 5.41) is 2.78. The van der Waals surface area contributed by atoms with Crippen molar-refractivity contribution in [1.82, 2.24) is 5.32 Å². The summed E-state index contributed by atoms with van der Waals surface area (Å²) in [6, 6.07) is 0. The molecule has 0 fully saturated rings. The maximum Gasteiger partial charge on any atom is 0.220 e. The zero-order chi connectivity index (χ0) is 12.1. The van der Waals surface area contributed by atoms with Gasteiger partial charge in [-0.05, 0) is 19.3 Å². The Morgan fingerprint density at radius 2 is 1.56 bits per heavy atom. The molecule has 0 aromatic rings. The van der Waals surface area contributed by atoms with E-state index in [2.05, 4.69) is 18.5 Å². The number of rotatable bonds is 11. The molecule has 0 aromatic heterocycles. The van der Waals surface area contributed by atoms with Gasteiger partial charge in [-0.2, -0.15) is 0 Å². The van der Waals surface area contributed by atoms with Gasteiger partial charge < -0.3 is 5.32 Å². The van der Waals surface area contributed by atoms with Gasteiger partial charge in [0.2, 0.25) is 5.91 Å². The molecular formula is C14H25NO. The van der Waals surface area contributed by atoms with Gasteiger partial charge in [-0.15, -0.1) is 13.2 Å². The van der Waals surface area contributed by atoms with E-state index in [1.54, 1.807) is 6.08 Å². The van der Waals surface area contributed by atoms with Crippen LogP contribution >= 0.6 is 0 Å². The number of hydrogen-bond acceptors (Lipinski definition) is 1. The number of carbonyl (C=O) groups excluding carboxylic acids is 1. The minimum Gasteiger partial charge on any atom is -0.353 e. The molecule has 0 aliphatic heterocycles. The van der Waals surface area contributed by atoms with E-state index in [1.807, 2.05) is 6.08 Å². The van der Waals surface area contributed by atoms with Crippen molar-refractivity contribution in [2.24, 2.45) is 0 Å². The van der Waals surface area contributed by atoms with E-state index < -0.39 is 0 Å². The second-order valence-corrected chi connectivity index (χ2v) is 4.04. The molecule has 0 unspecified atom stereocenters. The van der Waals surface area contributed by atoms with Crippen LogP contribution in [0.2, 0.25) is 0 Å². The zero-order valence-electron chi connectivity index (χ0n) is 10.3. The highest BCUT2D eigenvalue weighted by atomic mass is 16.1. The number of unbranched alkanes of at least 4 members (excludes halogenated alkanes) is 6. The van der Waals surface area contributed by atoms with Crippen LogP contribution in [0.3, 0.4) is 0 Å². The van der Waals surface area contributed by atoms with Gasteiger partial charge in [0, 0.05) is 13.0 Å². The molecule has 0 bridgehead atoms. The van der Waals surface area contributed by atoms with Crippen molar-refractivity contribution in [2.75, 3.05) is 6.54 Å². The molecule has 2 nitrogen and oxygen atoms in total. The van der Waals surface area contributed by atoms with Gasteiger partial charge in [-0.25, -0.2) is 0 Å². The Hall–Kier alpha value is -1.05. The fraction of sp³-hybridized carbons (Fsp3) is 0.643. The van der Waals surface area contributed by atoms with Crippen molar-refractivity contribution < 1.29 is 4.79 Å². The number of amides is 1. The molecule has 0 heterocycles. The molecule has 0 saturated heterocycles. The van der Waals surface area contributed by atoms with Crippen molar-refractivity contribution >= 4 is 5.91 Å². The second kappa shape index (κ2) is 12.0. The van der Waals surface area contributed by atoms with Crippen molar-refractivity contribution in [1.29, 1.82) is 0 Å². The standard InChI is InChI=1S/C14H25NO/c1-3-5-6-7-8-9-10-11-12-14(16)15-13-4-2/h3-4H,1-2,5-13H2,(H,15,16). The number of nitrogens with one attached hydrogen (secondary N) is 1. The third-order valence-corrected chi connectivity index (χ3v) is 2.51. The van der Waals surface area contributed by atoms with Crippen molar-refractivity contribution in [2.45, 2.75) is 51.4 Å². The average Bonchev–Trinajstić information content (AvgIpc) is 2.30. The second-order valence-electron chi connectivity index (χ2n) is 4.04. The van der Waals surface area contributed by atoms with Gasteiger partial charge in [0.1, 0.15) is 0 Å². The number of allylic oxidation sites excluding steroid dienone is 1. The molecule has 0 atom stereocenters. The quantitative estimate of drug-likeness (QED) is 0.421. The molecule has 0 aliphatic rings. The van der Waals surface area contributed by atoms with Crippen LogP contribution in [0.25, 0.3) is 0 Å². The van der Waals surface area contributed by atoms with Gasteiger partial charge in [-0.1, -0.05) is 37.8 Å². The van der Waals surface area contributed by atoms with E-state index in [9.17, 15) is 4.79 Å². The maximum atomic E-state index is 11.2. The molecule has 92 valence electrons. The monoisotopic (exact) mass is 223 g/mol. The van der Waals surface area contributed by atoms with Crippen LogP contribution in [0.5, 0.6) is 0 Å². The zero-order valence-corrected chi connectivity index (χ0v) is 10.3. The highest BCUT2D eigenvalue weighted by Crippen LogP contribution is 2.08. The predicted molar refractivity (Wildman–Crippen MR) is 70.3 cm³/mol. The molecule has 0 spiro atoms. The van der Waals surface area contributed by atoms with Crippen molar-refractivity contribution in [3.05, 3.63) is 25.3 Å². The largest absolute Gasteiger partial charge is 0.353 e. The van der Waals surface area contributed by atoms with Crippen molar-refractivity contribution in [3.8, 4) is 0 Å². The van der Waals surface area contributed by atoms with E-state index >= 15 is 0 Å². The fourth-order valence-electron chi connectivity index (χ4n) is 1.56. The van der Waals surface area contributed by atoms with E-state index in [4.69, 9.17) is 0 Å². The van der Waals surface area contributed by atoms with Gasteiger partial charge in [0.25, 0.3) is 0 Å². The summed E-state index contributed by atoms with van der Waals surface area (Å²) in [6.07, 6.45) is 12.7. The first-order chi connectivity index (χ1) is 7.81. The molecule has 0 radical (unpaired) electrons. The third-order valence-electron chi connectivity index (χ3n) is 2.51. The molecule has 0 saturated carbocycles. The average molecular weight is 223 g/mol. The van der Waals surface area contributed by atoms with E-state index in [0.717, 1.165) is 19.3 Å². The molecular weight excluding hydrogens is 198 g/mol. The van der Waals surface area contributed by atoms with E-state index in [1.165, 1.54) is 25.7 Å². The van der Waals surface area contributed by atoms with Gasteiger partial charge in [0.15, 0.2) is 0 Å². The molecule has 0 rings (SSSR count). The van der Waals surface area contributed by atoms with Crippen LogP contribution in [-0.4, -0.2) is 12.5 Å². The lowest BCUT2D eigenvalue weighted by Gasteiger charge is -2.02. The predicted octanol–water partition coefficient (Wildman–Crippen LogP) is 3.60. The Kier molecular flexibility index (Phi) is 11.2. The summed E-state index contributed by atoms with van der Waals surface area (Å²) >= 11 is 0. The van der Waals surface area contributed by atoms with Crippen LogP contribution < -0.4 is 5.32 Å². The maximum absolute atomic E-state index is 11.2. The minimum absolute atomic E-state index is 0.145. The lowest BCUT2D eigenvalue weighted by Crippen LogP contribution is -2.22. The topological polar surface area (TPSA) is 29.1 Å². The lowest BCUT2D eigenvalue weighted by atomic mass is 10.1. The van der Waals surface area contributed by atoms with Crippen LogP contribution in [-0.2, 0) is 4.79 Å². The number of carbonyl (C=O) groups is 1. The molecule has 1 N–H and O–H groups in total. The van der Waals surface area contributed by atoms with Crippen LogP contribution in [0, 0.1) is 0 Å². The first-order valence-electron chi connectivity index (χ1n) is 6.29. The first kappa shape index (κ1) is 14.9. The van der Waals surface area contributed by atoms with Crippen molar-refractivity contribution in [3.63, 3.8) is 0 Å². The van der Waals surface area contributed by atoms with Crippen LogP contribution in [0.1, 0.15) is 51.4 Å². The Balaban J connectivity index is 3.11. The highest BCUT2D eigenvalue weighted by Gasteiger charge is 1.98. The Morgan fingerprint density at radius 3 is 2.19 bits per heavy atom. The van der Waals surface area contributed by atoms with Crippen LogP contribution in [0.4, 0.5) is 0 Å². The van der Waals surface area contributed by atoms with Gasteiger partial charge in [0.05, 0.1) is 0 Å². The summed E-state index contributed by atoms with van der Waals surface area (Å²) < 4.78 is 0. The lowest BCUT2D eigenvalue weighted by molar-refractivity contribution is -0.121. The van der Waals surface area contributed by atoms with Gasteiger partial charge >= 0.3 is 0 Å². The molecule has 1 amide bonds.